The van der Waals surface area contributed by atoms with E-state index in [9.17, 15) is 19.5 Å². The number of aliphatic hydroxyl groups excluding tert-OH is 1. The van der Waals surface area contributed by atoms with Crippen LogP contribution in [0, 0.1) is 17.8 Å². The van der Waals surface area contributed by atoms with Crippen molar-refractivity contribution in [3.05, 3.63) is 26.7 Å². The molecule has 182 valence electrons. The van der Waals surface area contributed by atoms with Crippen molar-refractivity contribution >= 4 is 17.1 Å². The van der Waals surface area contributed by atoms with Crippen molar-refractivity contribution < 1.29 is 9.90 Å². The summed E-state index contributed by atoms with van der Waals surface area (Å²) in [6.45, 7) is 6.32. The zero-order valence-electron chi connectivity index (χ0n) is 20.0. The molecule has 2 saturated carbocycles. The van der Waals surface area contributed by atoms with E-state index in [2.05, 4.69) is 10.3 Å². The second kappa shape index (κ2) is 9.83. The first kappa shape index (κ1) is 23.7. The number of aromatic nitrogens is 4. The van der Waals surface area contributed by atoms with Gasteiger partial charge in [-0.25, -0.2) is 14.3 Å². The van der Waals surface area contributed by atoms with Crippen LogP contribution >= 0.6 is 0 Å². The summed E-state index contributed by atoms with van der Waals surface area (Å²) in [5, 5.41) is 12.9. The smallest absolute Gasteiger partial charge is 0.333 e. The average Bonchev–Trinajstić information content (AvgIpc) is 3.51. The van der Waals surface area contributed by atoms with Crippen LogP contribution in [-0.4, -0.2) is 35.7 Å². The summed E-state index contributed by atoms with van der Waals surface area (Å²) in [4.78, 5) is 44.1. The normalized spacial score (nSPS) is 22.8. The number of unbranched alkanes of at least 4 members (excludes halogenated alkanes) is 1. The minimum absolute atomic E-state index is 0.0289. The molecule has 2 heterocycles. The minimum Gasteiger partial charge on any atom is -0.388 e. The van der Waals surface area contributed by atoms with Crippen LogP contribution in [0.3, 0.4) is 0 Å². The molecule has 2 fully saturated rings. The number of aliphatic hydroxyl groups is 1. The SMILES string of the molecule is CCCCn1c(=O)n(CC(=O)N[C@@H](C)[C@@H]2C[C@@H]3CC[C@@H]2C3)c(=O)c2c1nc(CO)n2CCC. The van der Waals surface area contributed by atoms with Gasteiger partial charge in [-0.05, 0) is 56.8 Å². The summed E-state index contributed by atoms with van der Waals surface area (Å²) in [5.74, 6) is 1.99. The molecule has 2 aromatic rings. The van der Waals surface area contributed by atoms with Crippen molar-refractivity contribution in [2.45, 2.75) is 98.0 Å². The van der Waals surface area contributed by atoms with Gasteiger partial charge in [0.15, 0.2) is 11.2 Å². The number of fused-ring (bicyclic) bond motifs is 3. The maximum absolute atomic E-state index is 13.4. The van der Waals surface area contributed by atoms with Crippen LogP contribution in [0.1, 0.15) is 71.5 Å². The molecule has 9 heteroatoms. The van der Waals surface area contributed by atoms with Gasteiger partial charge in [-0.15, -0.1) is 0 Å². The second-order valence-electron chi connectivity index (χ2n) is 9.88. The number of rotatable bonds is 10. The van der Waals surface area contributed by atoms with E-state index in [1.54, 1.807) is 4.57 Å². The van der Waals surface area contributed by atoms with Crippen LogP contribution in [0.4, 0.5) is 0 Å². The molecule has 4 rings (SSSR count). The van der Waals surface area contributed by atoms with Crippen molar-refractivity contribution in [1.29, 1.82) is 0 Å². The predicted molar refractivity (Wildman–Crippen MR) is 126 cm³/mol. The fraction of sp³-hybridized carbons (Fsp3) is 0.750. The first-order valence-electron chi connectivity index (χ1n) is 12.5. The number of imidazole rings is 1. The molecule has 0 saturated heterocycles. The summed E-state index contributed by atoms with van der Waals surface area (Å²) in [7, 11) is 0. The van der Waals surface area contributed by atoms with E-state index in [4.69, 9.17) is 0 Å². The topological polar surface area (TPSA) is 111 Å². The van der Waals surface area contributed by atoms with Crippen LogP contribution < -0.4 is 16.6 Å². The molecule has 2 aliphatic rings. The van der Waals surface area contributed by atoms with Crippen molar-refractivity contribution in [1.82, 2.24) is 24.0 Å². The van der Waals surface area contributed by atoms with Gasteiger partial charge in [0, 0.05) is 19.1 Å². The number of amides is 1. The van der Waals surface area contributed by atoms with Crippen molar-refractivity contribution in [2.24, 2.45) is 17.8 Å². The number of hydrogen-bond acceptors (Lipinski definition) is 5. The Hall–Kier alpha value is -2.42. The van der Waals surface area contributed by atoms with Gasteiger partial charge in [0.2, 0.25) is 5.91 Å². The Kier molecular flexibility index (Phi) is 7.07. The lowest BCUT2D eigenvalue weighted by Gasteiger charge is -2.28. The molecule has 1 amide bonds. The molecule has 0 aliphatic heterocycles. The van der Waals surface area contributed by atoms with E-state index in [0.717, 1.165) is 36.2 Å². The second-order valence-corrected chi connectivity index (χ2v) is 9.88. The molecule has 2 bridgehead atoms. The molecular weight excluding hydrogens is 422 g/mol. The fourth-order valence-electron chi connectivity index (χ4n) is 6.03. The largest absolute Gasteiger partial charge is 0.388 e. The number of nitrogens with zero attached hydrogens (tertiary/aromatic N) is 4. The molecular formula is C24H37N5O4. The third-order valence-corrected chi connectivity index (χ3v) is 7.64. The third-order valence-electron chi connectivity index (χ3n) is 7.64. The molecule has 0 spiro atoms. The van der Waals surface area contributed by atoms with Crippen molar-refractivity contribution in [3.8, 4) is 0 Å². The Labute approximate surface area is 193 Å². The first-order valence-corrected chi connectivity index (χ1v) is 12.5. The zero-order chi connectivity index (χ0) is 23.7. The Morgan fingerprint density at radius 3 is 2.52 bits per heavy atom. The monoisotopic (exact) mass is 459 g/mol. The minimum atomic E-state index is -0.522. The molecule has 0 unspecified atom stereocenters. The molecule has 0 radical (unpaired) electrons. The van der Waals surface area contributed by atoms with Gasteiger partial charge in [-0.2, -0.15) is 0 Å². The average molecular weight is 460 g/mol. The number of aryl methyl sites for hydroxylation is 2. The lowest BCUT2D eigenvalue weighted by Crippen LogP contribution is -2.47. The molecule has 2 aromatic heterocycles. The summed E-state index contributed by atoms with van der Waals surface area (Å²) in [6, 6.07) is 0.0289. The molecule has 33 heavy (non-hydrogen) atoms. The maximum Gasteiger partial charge on any atom is 0.333 e. The van der Waals surface area contributed by atoms with Crippen LogP contribution in [0.2, 0.25) is 0 Å². The Morgan fingerprint density at radius 2 is 1.91 bits per heavy atom. The number of hydrogen-bond donors (Lipinski definition) is 2. The Balaban J connectivity index is 1.67. The van der Waals surface area contributed by atoms with Gasteiger partial charge < -0.3 is 15.0 Å². The van der Waals surface area contributed by atoms with Gasteiger partial charge in [0.1, 0.15) is 19.0 Å². The Bertz CT molecular complexity index is 1130. The van der Waals surface area contributed by atoms with Crippen LogP contribution in [0.5, 0.6) is 0 Å². The van der Waals surface area contributed by atoms with Gasteiger partial charge >= 0.3 is 5.69 Å². The molecule has 2 aliphatic carbocycles. The van der Waals surface area contributed by atoms with Crippen LogP contribution in [0.25, 0.3) is 11.2 Å². The lowest BCUT2D eigenvalue weighted by molar-refractivity contribution is -0.122. The number of carbonyl (C=O) groups is 1. The van der Waals surface area contributed by atoms with Gasteiger partial charge in [0.05, 0.1) is 0 Å². The van der Waals surface area contributed by atoms with Crippen molar-refractivity contribution in [2.75, 3.05) is 0 Å². The van der Waals surface area contributed by atoms with Gasteiger partial charge in [-0.3, -0.25) is 14.2 Å². The fourth-order valence-corrected chi connectivity index (χ4v) is 6.03. The molecule has 0 aromatic carbocycles. The third kappa shape index (κ3) is 4.39. The highest BCUT2D eigenvalue weighted by atomic mass is 16.3. The van der Waals surface area contributed by atoms with E-state index >= 15 is 0 Å². The predicted octanol–water partition coefficient (Wildman–Crippen LogP) is 2.00. The van der Waals surface area contributed by atoms with E-state index in [-0.39, 0.29) is 30.6 Å². The van der Waals surface area contributed by atoms with E-state index in [0.29, 0.717) is 36.4 Å². The maximum atomic E-state index is 13.4. The molecule has 9 nitrogen and oxygen atoms in total. The van der Waals surface area contributed by atoms with E-state index in [1.807, 2.05) is 20.8 Å². The quantitative estimate of drug-likeness (QED) is 0.565. The molecule has 2 N–H and O–H groups in total. The lowest BCUT2D eigenvalue weighted by atomic mass is 9.84. The van der Waals surface area contributed by atoms with Gasteiger partial charge in [-0.1, -0.05) is 26.7 Å². The highest BCUT2D eigenvalue weighted by molar-refractivity contribution is 5.77. The van der Waals surface area contributed by atoms with Crippen LogP contribution in [0.15, 0.2) is 9.59 Å². The highest BCUT2D eigenvalue weighted by Crippen LogP contribution is 2.49. The number of nitrogens with one attached hydrogen (secondary N) is 1. The summed E-state index contributed by atoms with van der Waals surface area (Å²) in [6.07, 6.45) is 7.32. The van der Waals surface area contributed by atoms with Crippen molar-refractivity contribution in [3.63, 3.8) is 0 Å². The summed E-state index contributed by atoms with van der Waals surface area (Å²) in [5.41, 5.74) is -0.464. The standard InChI is InChI=1S/C24H37N5O4/c1-4-6-10-28-22-21(27(9-5-2)19(14-30)26-22)23(32)29(24(28)33)13-20(31)25-15(3)18-12-16-7-8-17(18)11-16/h15-18,30H,4-14H2,1-3H3,(H,25,31)/t15-,16+,17+,18-/m0/s1. The van der Waals surface area contributed by atoms with Gasteiger partial charge in [0.25, 0.3) is 5.56 Å². The first-order chi connectivity index (χ1) is 15.9. The number of carbonyl (C=O) groups excluding carboxylic acids is 1. The molecule has 4 atom stereocenters. The van der Waals surface area contributed by atoms with E-state index in [1.165, 1.54) is 23.8 Å². The van der Waals surface area contributed by atoms with Crippen LogP contribution in [-0.2, 0) is 31.0 Å². The summed E-state index contributed by atoms with van der Waals surface area (Å²) < 4.78 is 4.21. The summed E-state index contributed by atoms with van der Waals surface area (Å²) >= 11 is 0. The van der Waals surface area contributed by atoms with E-state index < -0.39 is 11.2 Å². The highest BCUT2D eigenvalue weighted by Gasteiger charge is 2.42. The zero-order valence-corrected chi connectivity index (χ0v) is 20.0. The Morgan fingerprint density at radius 1 is 1.12 bits per heavy atom.